The molecule has 18 heavy (non-hydrogen) atoms. The van der Waals surface area contributed by atoms with E-state index >= 15 is 0 Å². The number of H-pyrrole nitrogens is 2. The van der Waals surface area contributed by atoms with E-state index in [1.807, 2.05) is 0 Å². The van der Waals surface area contributed by atoms with Crippen LogP contribution in [0.4, 0.5) is 4.39 Å². The Bertz CT molecular complexity index is 743. The van der Waals surface area contributed by atoms with E-state index in [2.05, 4.69) is 21.5 Å². The van der Waals surface area contributed by atoms with Gasteiger partial charge in [0.05, 0.1) is 0 Å². The second kappa shape index (κ2) is 3.56. The van der Waals surface area contributed by atoms with Gasteiger partial charge in [-0.1, -0.05) is 6.58 Å². The van der Waals surface area contributed by atoms with Gasteiger partial charge in [-0.15, -0.1) is 0 Å². The van der Waals surface area contributed by atoms with Crippen LogP contribution in [0.2, 0.25) is 0 Å². The number of imidazole rings is 1. The summed E-state index contributed by atoms with van der Waals surface area (Å²) in [4.78, 5) is 31.1. The van der Waals surface area contributed by atoms with Crippen molar-refractivity contribution in [3.63, 3.8) is 0 Å². The highest BCUT2D eigenvalue weighted by Gasteiger charge is 2.32. The fraction of sp³-hybridized carbons (Fsp3) is 0.300. The molecule has 0 aromatic carbocycles. The molecule has 2 N–H and O–H groups in total. The topological polar surface area (TPSA) is 92.8 Å². The average Bonchev–Trinajstić information content (AvgIpc) is 2.83. The number of hydrogen-bond donors (Lipinski definition) is 2. The maximum absolute atomic E-state index is 13.3. The third-order valence-electron chi connectivity index (χ3n) is 2.82. The molecule has 0 saturated carbocycles. The van der Waals surface area contributed by atoms with Gasteiger partial charge >= 0.3 is 5.69 Å². The zero-order valence-corrected chi connectivity index (χ0v) is 9.14. The number of halogens is 1. The Labute approximate surface area is 98.9 Å². The lowest BCUT2D eigenvalue weighted by molar-refractivity contribution is 0.102. The van der Waals surface area contributed by atoms with E-state index < -0.39 is 23.6 Å². The summed E-state index contributed by atoms with van der Waals surface area (Å²) < 4.78 is 20.0. The number of fused-ring (bicyclic) bond motifs is 1. The summed E-state index contributed by atoms with van der Waals surface area (Å²) in [7, 11) is 0. The van der Waals surface area contributed by atoms with Crippen molar-refractivity contribution in [2.45, 2.75) is 18.8 Å². The van der Waals surface area contributed by atoms with Crippen LogP contribution >= 0.6 is 0 Å². The highest BCUT2D eigenvalue weighted by atomic mass is 19.1. The van der Waals surface area contributed by atoms with Gasteiger partial charge in [0.15, 0.2) is 17.9 Å². The van der Waals surface area contributed by atoms with Crippen molar-refractivity contribution in [2.24, 2.45) is 0 Å². The molecule has 2 aromatic heterocycles. The van der Waals surface area contributed by atoms with Crippen LogP contribution < -0.4 is 11.2 Å². The molecule has 2 aromatic rings. The smallest absolute Gasteiger partial charge is 0.327 e. The van der Waals surface area contributed by atoms with Crippen LogP contribution in [0.5, 0.6) is 0 Å². The van der Waals surface area contributed by atoms with Gasteiger partial charge in [0, 0.05) is 6.42 Å². The Kier molecular flexibility index (Phi) is 2.12. The lowest BCUT2D eigenvalue weighted by Gasteiger charge is -2.11. The second-order valence-corrected chi connectivity index (χ2v) is 4.00. The van der Waals surface area contributed by atoms with Crippen LogP contribution in [0.15, 0.2) is 28.3 Å². The second-order valence-electron chi connectivity index (χ2n) is 4.00. The molecule has 0 aliphatic carbocycles. The van der Waals surface area contributed by atoms with Gasteiger partial charge in [-0.05, 0) is 0 Å². The molecule has 0 spiro atoms. The summed E-state index contributed by atoms with van der Waals surface area (Å²) in [6.45, 7) is 3.44. The van der Waals surface area contributed by atoms with Gasteiger partial charge in [0.2, 0.25) is 0 Å². The lowest BCUT2D eigenvalue weighted by atomic mass is 10.3. The normalized spacial score (nSPS) is 23.5. The Morgan fingerprint density at radius 1 is 1.50 bits per heavy atom. The molecule has 3 heterocycles. The Morgan fingerprint density at radius 2 is 2.28 bits per heavy atom. The minimum absolute atomic E-state index is 0.0361. The maximum atomic E-state index is 13.3. The largest absolute Gasteiger partial charge is 0.472 e. The monoisotopic (exact) mass is 252 g/mol. The molecule has 0 amide bonds. The molecule has 8 heteroatoms. The molecule has 3 rings (SSSR count). The first-order valence-electron chi connectivity index (χ1n) is 5.25. The van der Waals surface area contributed by atoms with Crippen molar-refractivity contribution in [3.8, 4) is 0 Å². The fourth-order valence-corrected chi connectivity index (χ4v) is 1.95. The molecule has 0 bridgehead atoms. The average molecular weight is 252 g/mol. The summed E-state index contributed by atoms with van der Waals surface area (Å²) in [6.07, 6.45) is -0.526. The predicted molar refractivity (Wildman–Crippen MR) is 59.7 cm³/mol. The predicted octanol–water partition coefficient (Wildman–Crippen LogP) is 0.184. The standard InChI is InChI=1S/C10H9FN4O3/c1-4-5(11)2-6(18-4)15-3-12-7-8(15)13-10(17)14-9(7)16/h3,5-6H,1-2H2,(H2,13,14,16,17)/t5-,6+/m0/s1. The number of rotatable bonds is 1. The first-order valence-corrected chi connectivity index (χ1v) is 5.25. The molecular weight excluding hydrogens is 243 g/mol. The molecule has 7 nitrogen and oxygen atoms in total. The van der Waals surface area contributed by atoms with Crippen molar-refractivity contribution in [2.75, 3.05) is 0 Å². The van der Waals surface area contributed by atoms with Gasteiger partial charge in [-0.25, -0.2) is 14.2 Å². The number of aromatic nitrogens is 4. The van der Waals surface area contributed by atoms with Gasteiger partial charge in [0.1, 0.15) is 17.7 Å². The van der Waals surface area contributed by atoms with Crippen LogP contribution in [0.25, 0.3) is 11.2 Å². The SMILES string of the molecule is C=C1O[C@@H](n2cnc3c(=O)[nH]c(=O)[nH]c32)C[C@@H]1F. The molecule has 1 aliphatic heterocycles. The minimum atomic E-state index is -1.26. The summed E-state index contributed by atoms with van der Waals surface area (Å²) >= 11 is 0. The number of nitrogens with zero attached hydrogens (tertiary/aromatic N) is 2. The Morgan fingerprint density at radius 3 is 2.94 bits per heavy atom. The van der Waals surface area contributed by atoms with Gasteiger partial charge in [-0.2, -0.15) is 0 Å². The highest BCUT2D eigenvalue weighted by molar-refractivity contribution is 5.68. The quantitative estimate of drug-likeness (QED) is 0.757. The van der Waals surface area contributed by atoms with E-state index in [9.17, 15) is 14.0 Å². The van der Waals surface area contributed by atoms with E-state index in [0.717, 1.165) is 0 Å². The molecular formula is C10H9FN4O3. The maximum Gasteiger partial charge on any atom is 0.327 e. The first-order chi connectivity index (χ1) is 8.56. The summed E-state index contributed by atoms with van der Waals surface area (Å²) in [5, 5.41) is 0. The van der Waals surface area contributed by atoms with Crippen LogP contribution in [0.1, 0.15) is 12.6 Å². The van der Waals surface area contributed by atoms with Crippen molar-refractivity contribution < 1.29 is 9.13 Å². The van der Waals surface area contributed by atoms with Gasteiger partial charge < -0.3 is 4.74 Å². The van der Waals surface area contributed by atoms with Crippen LogP contribution in [0, 0.1) is 0 Å². The van der Waals surface area contributed by atoms with E-state index in [1.165, 1.54) is 10.9 Å². The van der Waals surface area contributed by atoms with Crippen LogP contribution in [0.3, 0.4) is 0 Å². The lowest BCUT2D eigenvalue weighted by Crippen LogP contribution is -2.23. The van der Waals surface area contributed by atoms with E-state index in [0.29, 0.717) is 0 Å². The number of allylic oxidation sites excluding steroid dienone is 1. The zero-order valence-electron chi connectivity index (χ0n) is 9.14. The fourth-order valence-electron chi connectivity index (χ4n) is 1.95. The van der Waals surface area contributed by atoms with Gasteiger partial charge in [0.25, 0.3) is 5.56 Å². The van der Waals surface area contributed by atoms with Crippen molar-refractivity contribution in [1.29, 1.82) is 0 Å². The molecule has 1 saturated heterocycles. The molecule has 1 fully saturated rings. The van der Waals surface area contributed by atoms with E-state index in [-0.39, 0.29) is 23.3 Å². The van der Waals surface area contributed by atoms with Crippen LogP contribution in [-0.2, 0) is 4.74 Å². The molecule has 94 valence electrons. The summed E-state index contributed by atoms with van der Waals surface area (Å²) in [6, 6.07) is 0. The van der Waals surface area contributed by atoms with Gasteiger partial charge in [-0.3, -0.25) is 19.3 Å². The Balaban J connectivity index is 2.17. The molecule has 2 atom stereocenters. The number of hydrogen-bond acceptors (Lipinski definition) is 4. The van der Waals surface area contributed by atoms with Crippen LogP contribution in [-0.4, -0.2) is 25.7 Å². The zero-order chi connectivity index (χ0) is 12.9. The first kappa shape index (κ1) is 10.8. The Hall–Kier alpha value is -2.38. The molecule has 1 aliphatic rings. The van der Waals surface area contributed by atoms with E-state index in [4.69, 9.17) is 4.74 Å². The highest BCUT2D eigenvalue weighted by Crippen LogP contribution is 2.33. The van der Waals surface area contributed by atoms with E-state index in [1.54, 1.807) is 0 Å². The molecule has 0 unspecified atom stereocenters. The molecule has 0 radical (unpaired) electrons. The third kappa shape index (κ3) is 1.45. The summed E-state index contributed by atoms with van der Waals surface area (Å²) in [5.74, 6) is 0.0361. The third-order valence-corrected chi connectivity index (χ3v) is 2.82. The van der Waals surface area contributed by atoms with Crippen molar-refractivity contribution >= 4 is 11.2 Å². The number of nitrogens with one attached hydrogen (secondary N) is 2. The summed E-state index contributed by atoms with van der Waals surface area (Å²) in [5.41, 5.74) is -0.967. The van der Waals surface area contributed by atoms with Crippen molar-refractivity contribution in [3.05, 3.63) is 39.5 Å². The van der Waals surface area contributed by atoms with Crippen molar-refractivity contribution in [1.82, 2.24) is 19.5 Å². The number of ether oxygens (including phenoxy) is 1. The number of alkyl halides is 1. The minimum Gasteiger partial charge on any atom is -0.472 e. The number of aromatic amines is 2.